The Morgan fingerprint density at radius 1 is 0.897 bits per heavy atom. The number of hydrogen-bond acceptors (Lipinski definition) is 8. The summed E-state index contributed by atoms with van der Waals surface area (Å²) in [6.45, 7) is 0.392. The first-order chi connectivity index (χ1) is 18.9. The van der Waals surface area contributed by atoms with Gasteiger partial charge in [0.2, 0.25) is 11.8 Å². The first-order valence-electron chi connectivity index (χ1n) is 12.3. The fourth-order valence-corrected chi connectivity index (χ4v) is 5.13. The highest BCUT2D eigenvalue weighted by molar-refractivity contribution is 8.15. The van der Waals surface area contributed by atoms with Crippen LogP contribution in [0.3, 0.4) is 0 Å². The molecule has 1 heterocycles. The van der Waals surface area contributed by atoms with Gasteiger partial charge in [0.05, 0.1) is 34.1 Å². The average Bonchev–Trinajstić information content (AvgIpc) is 2.97. The van der Waals surface area contributed by atoms with Crippen molar-refractivity contribution < 1.29 is 28.5 Å². The van der Waals surface area contributed by atoms with E-state index in [1.54, 1.807) is 69.7 Å². The summed E-state index contributed by atoms with van der Waals surface area (Å²) in [5.74, 6) is 2.22. The van der Waals surface area contributed by atoms with Gasteiger partial charge in [0.1, 0.15) is 16.7 Å². The molecule has 0 aromatic heterocycles. The van der Waals surface area contributed by atoms with Crippen molar-refractivity contribution in [2.75, 3.05) is 40.3 Å². The second-order valence-corrected chi connectivity index (χ2v) is 9.78. The summed E-state index contributed by atoms with van der Waals surface area (Å²) in [7, 11) is 6.35. The Bertz CT molecular complexity index is 1330. The van der Waals surface area contributed by atoms with Gasteiger partial charge in [-0.05, 0) is 72.6 Å². The van der Waals surface area contributed by atoms with E-state index in [-0.39, 0.29) is 18.2 Å². The van der Waals surface area contributed by atoms with Gasteiger partial charge in [-0.25, -0.2) is 4.99 Å². The summed E-state index contributed by atoms with van der Waals surface area (Å²) in [6, 6.07) is 19.9. The van der Waals surface area contributed by atoms with Crippen molar-refractivity contribution in [1.29, 1.82) is 0 Å². The molecule has 3 aromatic carbocycles. The highest BCUT2D eigenvalue weighted by Crippen LogP contribution is 2.32. The molecule has 3 aromatic rings. The van der Waals surface area contributed by atoms with E-state index in [2.05, 4.69) is 5.32 Å². The number of anilines is 1. The lowest BCUT2D eigenvalue weighted by molar-refractivity contribution is -0.129. The van der Waals surface area contributed by atoms with E-state index in [0.29, 0.717) is 52.5 Å². The van der Waals surface area contributed by atoms with Crippen LogP contribution < -0.4 is 24.3 Å². The Balaban J connectivity index is 1.54. The molecule has 1 unspecified atom stereocenters. The molecule has 9 nitrogen and oxygen atoms in total. The number of thioether (sulfide) groups is 1. The molecule has 1 saturated heterocycles. The molecule has 1 fully saturated rings. The van der Waals surface area contributed by atoms with Gasteiger partial charge in [-0.2, -0.15) is 0 Å². The average molecular weight is 550 g/mol. The van der Waals surface area contributed by atoms with Crippen LogP contribution in [0.5, 0.6) is 23.0 Å². The maximum atomic E-state index is 13.4. The van der Waals surface area contributed by atoms with Gasteiger partial charge >= 0.3 is 0 Å². The third-order valence-electron chi connectivity index (χ3n) is 6.16. The lowest BCUT2D eigenvalue weighted by Gasteiger charge is -2.32. The normalized spacial score (nSPS) is 16.1. The number of ether oxygens (including phenoxy) is 4. The molecule has 0 bridgehead atoms. The van der Waals surface area contributed by atoms with Gasteiger partial charge in [0.25, 0.3) is 0 Å². The van der Waals surface area contributed by atoms with Gasteiger partial charge < -0.3 is 24.3 Å². The Kier molecular flexibility index (Phi) is 9.32. The van der Waals surface area contributed by atoms with Crippen LogP contribution >= 0.6 is 11.8 Å². The summed E-state index contributed by atoms with van der Waals surface area (Å²) in [6.07, 6.45) is 0.622. The van der Waals surface area contributed by atoms with E-state index < -0.39 is 5.25 Å². The zero-order valence-corrected chi connectivity index (χ0v) is 23.1. The number of hydrogen-bond donors (Lipinski definition) is 1. The lowest BCUT2D eigenvalue weighted by Crippen LogP contribution is -2.46. The Morgan fingerprint density at radius 3 is 2.15 bits per heavy atom. The molecule has 1 N–H and O–H groups in total. The smallest absolute Gasteiger partial charge is 0.238 e. The van der Waals surface area contributed by atoms with Crippen LogP contribution in [0.25, 0.3) is 0 Å². The minimum atomic E-state index is -0.631. The van der Waals surface area contributed by atoms with Crippen LogP contribution in [0.1, 0.15) is 12.0 Å². The predicted molar refractivity (Wildman–Crippen MR) is 153 cm³/mol. The van der Waals surface area contributed by atoms with Crippen molar-refractivity contribution in [1.82, 2.24) is 4.90 Å². The van der Waals surface area contributed by atoms with Crippen LogP contribution in [-0.4, -0.2) is 62.1 Å². The van der Waals surface area contributed by atoms with E-state index in [1.165, 1.54) is 11.8 Å². The quantitative estimate of drug-likeness (QED) is 0.383. The first-order valence-corrected chi connectivity index (χ1v) is 13.2. The van der Waals surface area contributed by atoms with Crippen LogP contribution in [0.2, 0.25) is 0 Å². The zero-order chi connectivity index (χ0) is 27.8. The molecule has 0 radical (unpaired) electrons. The molecule has 39 heavy (non-hydrogen) atoms. The molecule has 1 aliphatic heterocycles. The number of nitrogens with zero attached hydrogens (tertiary/aromatic N) is 2. The number of nitrogens with one attached hydrogen (secondary N) is 1. The van der Waals surface area contributed by atoms with Crippen molar-refractivity contribution in [3.8, 4) is 23.0 Å². The molecule has 2 amide bonds. The molecular weight excluding hydrogens is 518 g/mol. The number of amidine groups is 1. The Labute approximate surface area is 232 Å². The van der Waals surface area contributed by atoms with Gasteiger partial charge in [0.15, 0.2) is 16.7 Å². The van der Waals surface area contributed by atoms with Crippen molar-refractivity contribution in [3.63, 3.8) is 0 Å². The predicted octanol–water partition coefficient (Wildman–Crippen LogP) is 4.92. The van der Waals surface area contributed by atoms with Crippen LogP contribution in [0.15, 0.2) is 71.7 Å². The largest absolute Gasteiger partial charge is 0.497 e. The molecule has 4 rings (SSSR count). The molecule has 10 heteroatoms. The van der Waals surface area contributed by atoms with E-state index in [4.69, 9.17) is 23.9 Å². The summed E-state index contributed by atoms with van der Waals surface area (Å²) in [4.78, 5) is 32.9. The second kappa shape index (κ2) is 13.1. The molecule has 1 aliphatic rings. The van der Waals surface area contributed by atoms with Gasteiger partial charge in [0, 0.05) is 18.7 Å². The summed E-state index contributed by atoms with van der Waals surface area (Å²) >= 11 is 1.27. The minimum absolute atomic E-state index is 0.0558. The zero-order valence-electron chi connectivity index (χ0n) is 22.3. The molecular formula is C29H31N3O6S. The molecule has 0 saturated carbocycles. The monoisotopic (exact) mass is 549 g/mol. The van der Waals surface area contributed by atoms with Gasteiger partial charge in [-0.15, -0.1) is 0 Å². The van der Waals surface area contributed by atoms with Crippen molar-refractivity contribution in [2.45, 2.75) is 18.1 Å². The second-order valence-electron chi connectivity index (χ2n) is 8.61. The van der Waals surface area contributed by atoms with E-state index >= 15 is 0 Å². The fraction of sp³-hybridized carbons (Fsp3) is 0.276. The Morgan fingerprint density at radius 2 is 1.54 bits per heavy atom. The van der Waals surface area contributed by atoms with Crippen LogP contribution in [0.4, 0.5) is 11.4 Å². The number of rotatable bonds is 10. The molecule has 1 atom stereocenters. The van der Waals surface area contributed by atoms with Crippen molar-refractivity contribution in [2.24, 2.45) is 4.99 Å². The van der Waals surface area contributed by atoms with Gasteiger partial charge in [-0.3, -0.25) is 14.5 Å². The highest BCUT2D eigenvalue weighted by atomic mass is 32.2. The molecule has 0 spiro atoms. The van der Waals surface area contributed by atoms with Crippen molar-refractivity contribution in [3.05, 3.63) is 72.3 Å². The number of benzene rings is 3. The summed E-state index contributed by atoms with van der Waals surface area (Å²) in [5.41, 5.74) is 2.26. The van der Waals surface area contributed by atoms with E-state index in [9.17, 15) is 9.59 Å². The maximum Gasteiger partial charge on any atom is 0.238 e. The van der Waals surface area contributed by atoms with E-state index in [0.717, 1.165) is 5.56 Å². The third-order valence-corrected chi connectivity index (χ3v) is 7.35. The number of carbonyl (C=O) groups excluding carboxylic acids is 2. The number of methoxy groups -OCH3 is 4. The maximum absolute atomic E-state index is 13.4. The van der Waals surface area contributed by atoms with E-state index in [1.807, 2.05) is 30.3 Å². The summed E-state index contributed by atoms with van der Waals surface area (Å²) < 4.78 is 21.2. The molecule has 0 aliphatic carbocycles. The first kappa shape index (κ1) is 27.8. The van der Waals surface area contributed by atoms with Crippen LogP contribution in [0, 0.1) is 0 Å². The highest BCUT2D eigenvalue weighted by Gasteiger charge is 2.36. The molecule has 204 valence electrons. The van der Waals surface area contributed by atoms with Crippen molar-refractivity contribution >= 4 is 40.1 Å². The number of amides is 2. The summed E-state index contributed by atoms with van der Waals surface area (Å²) in [5, 5.41) is 2.73. The lowest BCUT2D eigenvalue weighted by atomic mass is 10.1. The fourth-order valence-electron chi connectivity index (χ4n) is 4.00. The third kappa shape index (κ3) is 7.02. The standard InChI is InChI=1S/C29H31N3O6S/c1-35-22-10-6-20(7-11-22)30-28(34)26-18-27(33)32(16-15-19-5-14-24(37-3)25(17-19)38-4)29(39-26)31-21-8-12-23(36-2)13-9-21/h5-14,17,26H,15-16,18H2,1-4H3,(H,30,34). The number of carbonyl (C=O) groups is 2. The topological polar surface area (TPSA) is 98.7 Å². The SMILES string of the molecule is COc1ccc(N=C2SC(C(=O)Nc3ccc(OC)cc3)CC(=O)N2CCc2ccc(OC)c(OC)c2)cc1. The Hall–Kier alpha value is -4.18. The number of aliphatic imine (C=N–C) groups is 1. The van der Waals surface area contributed by atoms with Crippen LogP contribution in [-0.2, 0) is 16.0 Å². The van der Waals surface area contributed by atoms with Gasteiger partial charge in [-0.1, -0.05) is 17.8 Å². The minimum Gasteiger partial charge on any atom is -0.497 e.